The molecule has 1 amide bonds. The van der Waals surface area contributed by atoms with Crippen LogP contribution in [0.15, 0.2) is 12.1 Å². The number of nitrogens with zero attached hydrogens (tertiary/aromatic N) is 1. The number of aromatic nitrogens is 1. The number of benzene rings is 1. The molecule has 0 fully saturated rings. The SMILES string of the molecule is COc1c(F)ccc2[nH]c3c(c12)C(C(C)CN(C(=O)O)C(C)(C)C)CC3. The van der Waals surface area contributed by atoms with Gasteiger partial charge in [0.05, 0.1) is 7.11 Å². The summed E-state index contributed by atoms with van der Waals surface area (Å²) in [4.78, 5) is 16.6. The lowest BCUT2D eigenvalue weighted by Gasteiger charge is -2.36. The van der Waals surface area contributed by atoms with E-state index in [-0.39, 0.29) is 23.4 Å². The molecule has 0 spiro atoms. The Morgan fingerprint density at radius 1 is 1.46 bits per heavy atom. The fourth-order valence-electron chi connectivity index (χ4n) is 4.18. The molecule has 2 unspecified atom stereocenters. The minimum atomic E-state index is -0.912. The molecule has 1 heterocycles. The predicted molar refractivity (Wildman–Crippen MR) is 99.5 cm³/mol. The molecule has 3 rings (SSSR count). The number of methoxy groups -OCH3 is 1. The first-order chi connectivity index (χ1) is 12.1. The monoisotopic (exact) mass is 362 g/mol. The lowest BCUT2D eigenvalue weighted by molar-refractivity contribution is 0.0873. The van der Waals surface area contributed by atoms with Gasteiger partial charge in [-0.2, -0.15) is 0 Å². The minimum absolute atomic E-state index is 0.110. The first-order valence-electron chi connectivity index (χ1n) is 9.02. The van der Waals surface area contributed by atoms with Crippen LogP contribution < -0.4 is 4.74 Å². The highest BCUT2D eigenvalue weighted by molar-refractivity contribution is 5.92. The van der Waals surface area contributed by atoms with Crippen LogP contribution in [0.1, 0.15) is 51.3 Å². The van der Waals surface area contributed by atoms with Crippen LogP contribution in [-0.4, -0.2) is 40.3 Å². The van der Waals surface area contributed by atoms with Crippen molar-refractivity contribution in [2.24, 2.45) is 5.92 Å². The normalized spacial score (nSPS) is 18.0. The molecule has 6 heteroatoms. The number of hydrogen-bond acceptors (Lipinski definition) is 2. The molecule has 1 aromatic carbocycles. The molecule has 1 aliphatic carbocycles. The van der Waals surface area contributed by atoms with Gasteiger partial charge in [-0.1, -0.05) is 6.92 Å². The van der Waals surface area contributed by atoms with Gasteiger partial charge in [0.25, 0.3) is 0 Å². The third kappa shape index (κ3) is 3.02. The fourth-order valence-corrected chi connectivity index (χ4v) is 4.18. The summed E-state index contributed by atoms with van der Waals surface area (Å²) >= 11 is 0. The summed E-state index contributed by atoms with van der Waals surface area (Å²) in [6.07, 6.45) is 0.896. The van der Waals surface area contributed by atoms with Gasteiger partial charge in [0.15, 0.2) is 11.6 Å². The average molecular weight is 362 g/mol. The molecule has 0 radical (unpaired) electrons. The van der Waals surface area contributed by atoms with Gasteiger partial charge in [-0.25, -0.2) is 9.18 Å². The first-order valence-corrected chi connectivity index (χ1v) is 9.02. The third-order valence-electron chi connectivity index (χ3n) is 5.47. The van der Waals surface area contributed by atoms with Gasteiger partial charge in [-0.3, -0.25) is 0 Å². The Morgan fingerprint density at radius 3 is 2.73 bits per heavy atom. The number of rotatable bonds is 4. The van der Waals surface area contributed by atoms with Gasteiger partial charge in [-0.15, -0.1) is 0 Å². The largest absolute Gasteiger partial charge is 0.493 e. The summed E-state index contributed by atoms with van der Waals surface area (Å²) < 4.78 is 19.6. The zero-order valence-electron chi connectivity index (χ0n) is 16.0. The summed E-state index contributed by atoms with van der Waals surface area (Å²) in [6.45, 7) is 8.22. The smallest absolute Gasteiger partial charge is 0.407 e. The molecule has 142 valence electrons. The van der Waals surface area contributed by atoms with Gasteiger partial charge in [0.1, 0.15) is 0 Å². The summed E-state index contributed by atoms with van der Waals surface area (Å²) in [5.41, 5.74) is 2.60. The number of halogens is 1. The van der Waals surface area contributed by atoms with E-state index < -0.39 is 11.6 Å². The van der Waals surface area contributed by atoms with E-state index in [1.807, 2.05) is 20.8 Å². The summed E-state index contributed by atoms with van der Waals surface area (Å²) in [7, 11) is 1.48. The van der Waals surface area contributed by atoms with E-state index in [0.29, 0.717) is 6.54 Å². The van der Waals surface area contributed by atoms with Gasteiger partial charge in [0, 0.05) is 28.7 Å². The van der Waals surface area contributed by atoms with Crippen LogP contribution >= 0.6 is 0 Å². The molecule has 1 aliphatic rings. The zero-order valence-corrected chi connectivity index (χ0v) is 16.0. The molecule has 5 nitrogen and oxygen atoms in total. The maximum Gasteiger partial charge on any atom is 0.407 e. The number of ether oxygens (including phenoxy) is 1. The molecule has 0 saturated carbocycles. The van der Waals surface area contributed by atoms with Gasteiger partial charge < -0.3 is 19.7 Å². The number of fused-ring (bicyclic) bond motifs is 3. The van der Waals surface area contributed by atoms with Crippen molar-refractivity contribution in [2.45, 2.75) is 52.0 Å². The number of amides is 1. The Labute approximate surface area is 153 Å². The van der Waals surface area contributed by atoms with E-state index in [1.54, 1.807) is 6.07 Å². The van der Waals surface area contributed by atoms with Crippen LogP contribution in [0.2, 0.25) is 0 Å². The Kier molecular flexibility index (Phi) is 4.63. The molecular weight excluding hydrogens is 335 g/mol. The summed E-state index contributed by atoms with van der Waals surface area (Å²) in [5.74, 6) is 0.171. The first kappa shape index (κ1) is 18.5. The van der Waals surface area contributed by atoms with Crippen LogP contribution in [0.3, 0.4) is 0 Å². The lowest BCUT2D eigenvalue weighted by atomic mass is 9.86. The molecule has 1 aromatic heterocycles. The van der Waals surface area contributed by atoms with Crippen molar-refractivity contribution in [1.29, 1.82) is 0 Å². The van der Waals surface area contributed by atoms with Crippen molar-refractivity contribution in [2.75, 3.05) is 13.7 Å². The van der Waals surface area contributed by atoms with Crippen LogP contribution in [-0.2, 0) is 6.42 Å². The third-order valence-corrected chi connectivity index (χ3v) is 5.47. The topological polar surface area (TPSA) is 65.6 Å². The molecule has 0 saturated heterocycles. The Morgan fingerprint density at radius 2 is 2.15 bits per heavy atom. The van der Waals surface area contributed by atoms with Crippen LogP contribution in [0.25, 0.3) is 10.9 Å². The molecular formula is C20H27FN2O3. The number of carbonyl (C=O) groups is 1. The van der Waals surface area contributed by atoms with Crippen LogP contribution in [0.5, 0.6) is 5.75 Å². The molecule has 2 atom stereocenters. The molecule has 0 aliphatic heterocycles. The van der Waals surface area contributed by atoms with E-state index in [9.17, 15) is 14.3 Å². The zero-order chi connectivity index (χ0) is 19.2. The number of nitrogens with one attached hydrogen (secondary N) is 1. The highest BCUT2D eigenvalue weighted by atomic mass is 19.1. The Hall–Kier alpha value is -2.24. The maximum absolute atomic E-state index is 14.2. The quantitative estimate of drug-likeness (QED) is 0.824. The number of aromatic amines is 1. The van der Waals surface area contributed by atoms with Crippen molar-refractivity contribution in [3.63, 3.8) is 0 Å². The highest BCUT2D eigenvalue weighted by Gasteiger charge is 2.36. The van der Waals surface area contributed by atoms with E-state index in [1.165, 1.54) is 18.1 Å². The van der Waals surface area contributed by atoms with E-state index in [4.69, 9.17) is 4.74 Å². The van der Waals surface area contributed by atoms with Gasteiger partial charge in [0.2, 0.25) is 0 Å². The number of hydrogen-bond donors (Lipinski definition) is 2. The van der Waals surface area contributed by atoms with Crippen LogP contribution in [0, 0.1) is 11.7 Å². The molecule has 26 heavy (non-hydrogen) atoms. The maximum atomic E-state index is 14.2. The average Bonchev–Trinajstić information content (AvgIpc) is 3.10. The minimum Gasteiger partial charge on any atom is -0.493 e. The molecule has 2 aromatic rings. The number of carboxylic acid groups (broad SMARTS) is 1. The van der Waals surface area contributed by atoms with Crippen molar-refractivity contribution < 1.29 is 19.0 Å². The summed E-state index contributed by atoms with van der Waals surface area (Å²) in [5, 5.41) is 10.4. The van der Waals surface area contributed by atoms with Crippen molar-refractivity contribution in [3.05, 3.63) is 29.2 Å². The van der Waals surface area contributed by atoms with E-state index >= 15 is 0 Å². The second kappa shape index (κ2) is 6.49. The lowest BCUT2D eigenvalue weighted by Crippen LogP contribution is -2.47. The van der Waals surface area contributed by atoms with E-state index in [0.717, 1.165) is 35.0 Å². The molecule has 0 bridgehead atoms. The second-order valence-corrected chi connectivity index (χ2v) is 8.21. The van der Waals surface area contributed by atoms with Crippen molar-refractivity contribution in [3.8, 4) is 5.75 Å². The molecule has 2 N–H and O–H groups in total. The Bertz CT molecular complexity index is 838. The number of aryl methyl sites for hydroxylation is 1. The summed E-state index contributed by atoms with van der Waals surface area (Å²) in [6, 6.07) is 3.16. The van der Waals surface area contributed by atoms with Crippen LogP contribution in [0.4, 0.5) is 9.18 Å². The van der Waals surface area contributed by atoms with Gasteiger partial charge in [-0.05, 0) is 63.1 Å². The second-order valence-electron chi connectivity index (χ2n) is 8.21. The van der Waals surface area contributed by atoms with E-state index in [2.05, 4.69) is 11.9 Å². The highest BCUT2D eigenvalue weighted by Crippen LogP contribution is 2.46. The van der Waals surface area contributed by atoms with Crippen molar-refractivity contribution >= 4 is 17.0 Å². The fraction of sp³-hybridized carbons (Fsp3) is 0.550. The van der Waals surface area contributed by atoms with Gasteiger partial charge >= 0.3 is 6.09 Å². The Balaban J connectivity index is 2.00. The predicted octanol–water partition coefficient (Wildman–Crippen LogP) is 4.76. The standard InChI is InChI=1S/C20H27FN2O3/c1-11(10-23(19(24)25)20(2,3)4)12-6-8-14-16(12)17-15(22-14)9-7-13(21)18(17)26-5/h7,9,11-12,22H,6,8,10H2,1-5H3,(H,24,25). The number of H-pyrrole nitrogens is 1. The van der Waals surface area contributed by atoms with Crippen molar-refractivity contribution in [1.82, 2.24) is 9.88 Å².